The number of nitrogens with one attached hydrogen (secondary N) is 2. The Labute approximate surface area is 108 Å². The highest BCUT2D eigenvalue weighted by Crippen LogP contribution is 2.69. The van der Waals surface area contributed by atoms with Gasteiger partial charge >= 0.3 is 15.2 Å². The van der Waals surface area contributed by atoms with E-state index in [9.17, 15) is 19.0 Å². The van der Waals surface area contributed by atoms with Crippen LogP contribution in [0.1, 0.15) is 12.8 Å². The van der Waals surface area contributed by atoms with Gasteiger partial charge in [-0.25, -0.2) is 0 Å². The first-order valence-electron chi connectivity index (χ1n) is 4.99. The maximum atomic E-state index is 11.0. The number of hydrogen-bond donors (Lipinski definition) is 8. The van der Waals surface area contributed by atoms with Crippen LogP contribution in [0.3, 0.4) is 0 Å². The average molecular weight is 321 g/mol. The molecular weight excluding hydrogens is 304 g/mol. The predicted octanol–water partition coefficient (Wildman–Crippen LogP) is -2.65. The summed E-state index contributed by atoms with van der Waals surface area (Å²) in [6, 6.07) is 0. The van der Waals surface area contributed by atoms with E-state index in [-0.39, 0.29) is 19.5 Å². The summed E-state index contributed by atoms with van der Waals surface area (Å²) in [5.74, 6) is 4.34. The summed E-state index contributed by atoms with van der Waals surface area (Å²) < 4.78 is 21.9. The Morgan fingerprint density at radius 1 is 1.16 bits per heavy atom. The van der Waals surface area contributed by atoms with Crippen molar-refractivity contribution in [3.8, 4) is 0 Å². The minimum Gasteiger partial charge on any atom is -0.368 e. The zero-order valence-electron chi connectivity index (χ0n) is 9.76. The zero-order chi connectivity index (χ0) is 15.3. The Balaban J connectivity index is 4.53. The summed E-state index contributed by atoms with van der Waals surface area (Å²) in [5.41, 5.74) is 2.06. The van der Waals surface area contributed by atoms with Crippen LogP contribution >= 0.6 is 15.2 Å². The molecule has 9 N–H and O–H groups in total. The van der Waals surface area contributed by atoms with Gasteiger partial charge in [0, 0.05) is 13.0 Å². The van der Waals surface area contributed by atoms with Crippen LogP contribution in [0.2, 0.25) is 0 Å². The normalized spacial score (nSPS) is 13.4. The van der Waals surface area contributed by atoms with Crippen molar-refractivity contribution in [2.75, 3.05) is 13.1 Å². The fourth-order valence-corrected chi connectivity index (χ4v) is 3.43. The van der Waals surface area contributed by atoms with E-state index in [0.29, 0.717) is 0 Å². The summed E-state index contributed by atoms with van der Waals surface area (Å²) in [7, 11) is -10.9. The first kappa shape index (κ1) is 18.7. The summed E-state index contributed by atoms with van der Waals surface area (Å²) in [5, 5.41) is 8.29. The number of aliphatic hydroxyl groups is 1. The molecule has 0 radical (unpaired) electrons. The molecule has 0 rings (SSSR count). The van der Waals surface area contributed by atoms with Gasteiger partial charge in [-0.15, -0.1) is 0 Å². The van der Waals surface area contributed by atoms with Crippen molar-refractivity contribution in [1.29, 1.82) is 0 Å². The van der Waals surface area contributed by atoms with E-state index in [1.807, 2.05) is 0 Å². The van der Waals surface area contributed by atoms with Crippen LogP contribution in [0.4, 0.5) is 0 Å². The zero-order valence-corrected chi connectivity index (χ0v) is 11.5. The van der Waals surface area contributed by atoms with Gasteiger partial charge in [-0.2, -0.15) is 0 Å². The third-order valence-electron chi connectivity index (χ3n) is 2.21. The Morgan fingerprint density at radius 3 is 2.00 bits per heavy atom. The molecule has 0 aromatic rings. The second-order valence-electron chi connectivity index (χ2n) is 3.70. The van der Waals surface area contributed by atoms with E-state index in [1.54, 1.807) is 0 Å². The molecule has 0 unspecified atom stereocenters. The van der Waals surface area contributed by atoms with Crippen LogP contribution in [0.15, 0.2) is 0 Å². The first-order valence-corrected chi connectivity index (χ1v) is 8.22. The lowest BCUT2D eigenvalue weighted by molar-refractivity contribution is -0.120. The van der Waals surface area contributed by atoms with Crippen LogP contribution in [0.25, 0.3) is 0 Å². The average Bonchev–Trinajstić information content (AvgIpc) is 2.21. The molecule has 0 saturated heterocycles. The molecule has 19 heavy (non-hydrogen) atoms. The maximum Gasteiger partial charge on any atom is 0.369 e. The number of carbonyl (C=O) groups excluding carboxylic acids is 1. The summed E-state index contributed by atoms with van der Waals surface area (Å²) >= 11 is 0. The Hall–Kier alpha value is -0.350. The van der Waals surface area contributed by atoms with Gasteiger partial charge in [-0.05, 0) is 6.42 Å². The summed E-state index contributed by atoms with van der Waals surface area (Å²) in [4.78, 5) is 46.2. The topological polar surface area (TPSA) is 202 Å². The Kier molecular flexibility index (Phi) is 6.76. The molecular formula is C6H17N3O8P2. The minimum absolute atomic E-state index is 0.136. The molecule has 11 nitrogen and oxygen atoms in total. The van der Waals surface area contributed by atoms with Crippen LogP contribution in [0.5, 0.6) is 0 Å². The van der Waals surface area contributed by atoms with Gasteiger partial charge in [0.2, 0.25) is 5.91 Å². The lowest BCUT2D eigenvalue weighted by Gasteiger charge is -2.29. The molecule has 1 amide bonds. The highest BCUT2D eigenvalue weighted by atomic mass is 31.2. The van der Waals surface area contributed by atoms with E-state index >= 15 is 0 Å². The lowest BCUT2D eigenvalue weighted by Crippen LogP contribution is -2.38. The molecule has 0 atom stereocenters. The van der Waals surface area contributed by atoms with E-state index in [1.165, 1.54) is 0 Å². The van der Waals surface area contributed by atoms with E-state index in [0.717, 1.165) is 0 Å². The fraction of sp³-hybridized carbons (Fsp3) is 0.833. The monoisotopic (exact) mass is 321 g/mol. The van der Waals surface area contributed by atoms with Crippen molar-refractivity contribution < 1.29 is 38.6 Å². The molecule has 114 valence electrons. The molecule has 0 heterocycles. The third kappa shape index (κ3) is 5.27. The van der Waals surface area contributed by atoms with Gasteiger partial charge < -0.3 is 30.0 Å². The molecule has 0 aliphatic rings. The predicted molar refractivity (Wildman–Crippen MR) is 63.5 cm³/mol. The molecule has 0 aromatic carbocycles. The van der Waals surface area contributed by atoms with E-state index < -0.39 is 32.6 Å². The molecule has 0 bridgehead atoms. The number of hydrogen-bond acceptors (Lipinski definition) is 6. The molecule has 0 aromatic heterocycles. The smallest absolute Gasteiger partial charge is 0.368 e. The van der Waals surface area contributed by atoms with Gasteiger partial charge in [0.15, 0.2) is 0 Å². The minimum atomic E-state index is -5.44. The van der Waals surface area contributed by atoms with Crippen molar-refractivity contribution in [2.45, 2.75) is 17.9 Å². The second-order valence-corrected chi connectivity index (χ2v) is 7.71. The second kappa shape index (κ2) is 6.89. The van der Waals surface area contributed by atoms with Crippen molar-refractivity contribution in [1.82, 2.24) is 10.7 Å². The standard InChI is InChI=1S/C6H17N3O8P2/c7-9-4-5(10)8-3-1-2-6(11,18(12,13)14)19(15,16)17/h9,11H,1-4,7H2,(H,8,10)(H2,12,13,14)(H2,15,16,17). The number of rotatable bonds is 8. The van der Waals surface area contributed by atoms with Gasteiger partial charge in [-0.3, -0.25) is 25.2 Å². The summed E-state index contributed by atoms with van der Waals surface area (Å²) in [6.45, 7) is -0.329. The summed E-state index contributed by atoms with van der Waals surface area (Å²) in [6.07, 6.45) is -1.12. The molecule has 0 fully saturated rings. The lowest BCUT2D eigenvalue weighted by atomic mass is 10.3. The van der Waals surface area contributed by atoms with Crippen LogP contribution < -0.4 is 16.6 Å². The Bertz CT molecular complexity index is 381. The first-order chi connectivity index (χ1) is 8.45. The molecule has 0 spiro atoms. The van der Waals surface area contributed by atoms with Crippen LogP contribution in [-0.4, -0.2) is 48.8 Å². The molecule has 13 heteroatoms. The van der Waals surface area contributed by atoms with Crippen LogP contribution in [-0.2, 0) is 13.9 Å². The highest BCUT2D eigenvalue weighted by Gasteiger charge is 2.58. The van der Waals surface area contributed by atoms with Crippen molar-refractivity contribution >= 4 is 21.1 Å². The molecule has 0 saturated carbocycles. The van der Waals surface area contributed by atoms with Gasteiger partial charge in [-0.1, -0.05) is 0 Å². The number of carbonyl (C=O) groups is 1. The number of nitrogens with two attached hydrogens (primary N) is 1. The van der Waals surface area contributed by atoms with Gasteiger partial charge in [0.05, 0.1) is 6.54 Å². The Morgan fingerprint density at radius 2 is 1.63 bits per heavy atom. The number of hydrazine groups is 1. The maximum absolute atomic E-state index is 11.0. The van der Waals surface area contributed by atoms with E-state index in [4.69, 9.17) is 25.4 Å². The largest absolute Gasteiger partial charge is 0.369 e. The SMILES string of the molecule is NNCC(=O)NCCCC(O)(P(=O)(O)O)P(=O)(O)O. The molecule has 0 aliphatic heterocycles. The quantitative estimate of drug-likeness (QED) is 0.101. The fourth-order valence-electron chi connectivity index (χ4n) is 1.17. The van der Waals surface area contributed by atoms with Gasteiger partial charge in [0.1, 0.15) is 0 Å². The third-order valence-corrected chi connectivity index (χ3v) is 6.08. The number of amides is 1. The van der Waals surface area contributed by atoms with Crippen molar-refractivity contribution in [3.05, 3.63) is 0 Å². The van der Waals surface area contributed by atoms with Gasteiger partial charge in [0.25, 0.3) is 5.08 Å². The van der Waals surface area contributed by atoms with Crippen molar-refractivity contribution in [3.63, 3.8) is 0 Å². The van der Waals surface area contributed by atoms with E-state index in [2.05, 4.69) is 10.7 Å². The van der Waals surface area contributed by atoms with Crippen LogP contribution in [0, 0.1) is 0 Å². The molecule has 0 aliphatic carbocycles. The highest BCUT2D eigenvalue weighted by molar-refractivity contribution is 7.72. The van der Waals surface area contributed by atoms with Crippen molar-refractivity contribution in [2.24, 2.45) is 5.84 Å².